The van der Waals surface area contributed by atoms with Crippen LogP contribution in [0, 0.1) is 6.92 Å². The van der Waals surface area contributed by atoms with E-state index in [1.807, 2.05) is 17.0 Å². The van der Waals surface area contributed by atoms with Crippen molar-refractivity contribution < 1.29 is 4.79 Å². The maximum Gasteiger partial charge on any atom is 0.264 e. The van der Waals surface area contributed by atoms with Crippen molar-refractivity contribution in [3.8, 4) is 10.4 Å². The molecule has 0 saturated carbocycles. The van der Waals surface area contributed by atoms with Crippen molar-refractivity contribution in [2.45, 2.75) is 30.5 Å². The second kappa shape index (κ2) is 7.95. The lowest BCUT2D eigenvalue weighted by molar-refractivity contribution is 0.0731. The Morgan fingerprint density at radius 2 is 1.90 bits per heavy atom. The molecule has 2 aliphatic heterocycles. The van der Waals surface area contributed by atoms with E-state index < -0.39 is 0 Å². The molecule has 6 heteroatoms. The predicted molar refractivity (Wildman–Crippen MR) is 128 cm³/mol. The molecule has 2 aromatic carbocycles. The summed E-state index contributed by atoms with van der Waals surface area (Å²) in [6.45, 7) is 6.67. The third kappa shape index (κ3) is 3.64. The Kier molecular flexibility index (Phi) is 5.30. The van der Waals surface area contributed by atoms with Gasteiger partial charge in [-0.15, -0.1) is 23.1 Å². The number of halogens is 1. The Balaban J connectivity index is 1.34. The molecule has 2 aliphatic rings. The first-order valence-corrected chi connectivity index (χ1v) is 12.4. The lowest BCUT2D eigenvalue weighted by atomic mass is 10.1. The molecule has 30 heavy (non-hydrogen) atoms. The summed E-state index contributed by atoms with van der Waals surface area (Å²) in [5.41, 5.74) is 4.96. The van der Waals surface area contributed by atoms with Crippen molar-refractivity contribution in [3.05, 3.63) is 69.6 Å². The number of thiophene rings is 1. The minimum Gasteiger partial charge on any atom is -0.365 e. The number of hydrogen-bond donors (Lipinski definition) is 0. The number of aryl methyl sites for hydroxylation is 1. The Hall–Kier alpha value is -1.95. The predicted octanol–water partition coefficient (Wildman–Crippen LogP) is 6.33. The number of carbonyl (C=O) groups excluding carboxylic acids is 1. The Bertz CT molecular complexity index is 1110. The van der Waals surface area contributed by atoms with Gasteiger partial charge in [-0.2, -0.15) is 0 Å². The summed E-state index contributed by atoms with van der Waals surface area (Å²) in [6.07, 6.45) is 0. The van der Waals surface area contributed by atoms with Crippen molar-refractivity contribution in [2.75, 3.05) is 24.5 Å². The second-order valence-corrected chi connectivity index (χ2v) is 10.5. The molecule has 5 rings (SSSR count). The summed E-state index contributed by atoms with van der Waals surface area (Å²) < 4.78 is 0. The van der Waals surface area contributed by atoms with E-state index in [4.69, 9.17) is 11.6 Å². The lowest BCUT2D eigenvalue weighted by Gasteiger charge is -2.41. The fourth-order valence-electron chi connectivity index (χ4n) is 4.25. The Labute approximate surface area is 190 Å². The van der Waals surface area contributed by atoms with Gasteiger partial charge in [-0.25, -0.2) is 0 Å². The first-order chi connectivity index (χ1) is 14.5. The van der Waals surface area contributed by atoms with E-state index in [2.05, 4.69) is 55.1 Å². The fraction of sp³-hybridized carbons (Fsp3) is 0.292. The largest absolute Gasteiger partial charge is 0.365 e. The molecule has 1 fully saturated rings. The third-order valence-electron chi connectivity index (χ3n) is 5.87. The second-order valence-electron chi connectivity index (χ2n) is 8.02. The molecule has 3 nitrogen and oxygen atoms in total. The van der Waals surface area contributed by atoms with Gasteiger partial charge in [0.25, 0.3) is 5.91 Å². The Morgan fingerprint density at radius 3 is 2.67 bits per heavy atom. The van der Waals surface area contributed by atoms with Crippen LogP contribution in [0.1, 0.15) is 27.7 Å². The van der Waals surface area contributed by atoms with Gasteiger partial charge in [-0.05, 0) is 49.7 Å². The third-order valence-corrected chi connectivity index (χ3v) is 8.41. The number of hydrogen-bond acceptors (Lipinski definition) is 4. The van der Waals surface area contributed by atoms with Crippen LogP contribution in [0.5, 0.6) is 0 Å². The van der Waals surface area contributed by atoms with Crippen molar-refractivity contribution in [3.63, 3.8) is 0 Å². The highest BCUT2D eigenvalue weighted by Crippen LogP contribution is 2.46. The molecule has 0 aliphatic carbocycles. The van der Waals surface area contributed by atoms with Crippen LogP contribution < -0.4 is 4.90 Å². The first kappa shape index (κ1) is 20.0. The van der Waals surface area contributed by atoms with Gasteiger partial charge >= 0.3 is 0 Å². The summed E-state index contributed by atoms with van der Waals surface area (Å²) in [4.78, 5) is 21.0. The van der Waals surface area contributed by atoms with Crippen molar-refractivity contribution in [1.29, 1.82) is 0 Å². The molecule has 0 bridgehead atoms. The number of carbonyl (C=O) groups is 1. The van der Waals surface area contributed by atoms with Crippen molar-refractivity contribution in [1.82, 2.24) is 4.90 Å². The van der Waals surface area contributed by atoms with Crippen LogP contribution in [-0.4, -0.2) is 36.5 Å². The highest BCUT2D eigenvalue weighted by atomic mass is 35.5. The standard InChI is InChI=1S/C24H23ClN2OS2/c1-15-3-6-19(7-4-15)27-10-9-26(13-16(27)2)24(28)22-11-17-14-29-21-12-18(25)5-8-20(21)23(17)30-22/h3-8,11-12,16H,9-10,13-14H2,1-2H3/t16-/m0/s1. The first-order valence-electron chi connectivity index (χ1n) is 10.2. The molecular weight excluding hydrogens is 432 g/mol. The molecule has 1 amide bonds. The van der Waals surface area contributed by atoms with Gasteiger partial charge in [0, 0.05) is 57.5 Å². The minimum atomic E-state index is 0.158. The highest BCUT2D eigenvalue weighted by molar-refractivity contribution is 7.98. The zero-order valence-corrected chi connectivity index (χ0v) is 19.4. The number of rotatable bonds is 2. The molecular formula is C24H23ClN2OS2. The van der Waals surface area contributed by atoms with E-state index in [9.17, 15) is 4.79 Å². The van der Waals surface area contributed by atoms with Gasteiger partial charge in [-0.3, -0.25) is 4.79 Å². The number of anilines is 1. The zero-order valence-electron chi connectivity index (χ0n) is 17.0. The molecule has 3 heterocycles. The van der Waals surface area contributed by atoms with Crippen molar-refractivity contribution >= 4 is 46.3 Å². The number of benzene rings is 2. The Morgan fingerprint density at radius 1 is 1.10 bits per heavy atom. The molecule has 154 valence electrons. The van der Waals surface area contributed by atoms with Crippen LogP contribution in [0.2, 0.25) is 5.02 Å². The number of fused-ring (bicyclic) bond motifs is 3. The van der Waals surface area contributed by atoms with Crippen LogP contribution >= 0.6 is 34.7 Å². The van der Waals surface area contributed by atoms with E-state index in [0.29, 0.717) is 6.04 Å². The number of piperazine rings is 1. The molecule has 0 N–H and O–H groups in total. The van der Waals surface area contributed by atoms with Crippen LogP contribution in [-0.2, 0) is 5.75 Å². The SMILES string of the molecule is Cc1ccc(N2CCN(C(=O)c3cc4c(s3)-c3ccc(Cl)cc3SC4)C[C@@H]2C)cc1. The fourth-order valence-corrected chi connectivity index (χ4v) is 6.90. The summed E-state index contributed by atoms with van der Waals surface area (Å²) in [5, 5.41) is 0.762. The normalized spacial score (nSPS) is 18.2. The average Bonchev–Trinajstić information content (AvgIpc) is 3.18. The molecule has 0 unspecified atom stereocenters. The van der Waals surface area contributed by atoms with Crippen LogP contribution in [0.25, 0.3) is 10.4 Å². The van der Waals surface area contributed by atoms with Gasteiger partial charge in [0.15, 0.2) is 0 Å². The number of nitrogens with zero attached hydrogens (tertiary/aromatic N) is 2. The molecule has 0 spiro atoms. The van der Waals surface area contributed by atoms with Gasteiger partial charge < -0.3 is 9.80 Å². The zero-order chi connectivity index (χ0) is 20.8. The van der Waals surface area contributed by atoms with Crippen LogP contribution in [0.3, 0.4) is 0 Å². The van der Waals surface area contributed by atoms with Gasteiger partial charge in [0.2, 0.25) is 0 Å². The van der Waals surface area contributed by atoms with Gasteiger partial charge in [-0.1, -0.05) is 35.4 Å². The summed E-state index contributed by atoms with van der Waals surface area (Å²) >= 11 is 9.58. The van der Waals surface area contributed by atoms with E-state index in [1.165, 1.54) is 32.2 Å². The average molecular weight is 455 g/mol. The van der Waals surface area contributed by atoms with E-state index in [0.717, 1.165) is 35.3 Å². The summed E-state index contributed by atoms with van der Waals surface area (Å²) in [5.74, 6) is 1.05. The molecule has 3 aromatic rings. The van der Waals surface area contributed by atoms with E-state index in [1.54, 1.807) is 23.1 Å². The summed E-state index contributed by atoms with van der Waals surface area (Å²) in [6, 6.07) is 17.1. The molecule has 1 aromatic heterocycles. The monoisotopic (exact) mass is 454 g/mol. The van der Waals surface area contributed by atoms with Crippen LogP contribution in [0.4, 0.5) is 5.69 Å². The summed E-state index contributed by atoms with van der Waals surface area (Å²) in [7, 11) is 0. The number of thioether (sulfide) groups is 1. The van der Waals surface area contributed by atoms with Crippen molar-refractivity contribution in [2.24, 2.45) is 0 Å². The maximum atomic E-state index is 13.3. The molecule has 0 radical (unpaired) electrons. The molecule has 1 atom stereocenters. The topological polar surface area (TPSA) is 23.6 Å². The van der Waals surface area contributed by atoms with Gasteiger partial charge in [0.1, 0.15) is 0 Å². The highest BCUT2D eigenvalue weighted by Gasteiger charge is 2.30. The number of amides is 1. The van der Waals surface area contributed by atoms with Crippen LogP contribution in [0.15, 0.2) is 53.4 Å². The molecule has 1 saturated heterocycles. The minimum absolute atomic E-state index is 0.158. The van der Waals surface area contributed by atoms with Gasteiger partial charge in [0.05, 0.1) is 4.88 Å². The van der Waals surface area contributed by atoms with E-state index >= 15 is 0 Å². The smallest absolute Gasteiger partial charge is 0.264 e. The lowest BCUT2D eigenvalue weighted by Crippen LogP contribution is -2.53. The maximum absolute atomic E-state index is 13.3. The quantitative estimate of drug-likeness (QED) is 0.451. The van der Waals surface area contributed by atoms with E-state index in [-0.39, 0.29) is 5.91 Å².